The molecule has 1 aromatic carbocycles. The first kappa shape index (κ1) is 13.8. The Kier molecular flexibility index (Phi) is 3.76. The standard InChI is InChI=1S/C17H16N2OS/c1-11-6-7-13-14(9-18)17(21-16(13)8-11)19-10-12-4-2-3-5-15(12)20/h2-5,10-11,20H,6-8H2,1H3/t11-/m1/s1. The summed E-state index contributed by atoms with van der Waals surface area (Å²) in [6.45, 7) is 2.25. The van der Waals surface area contributed by atoms with Crippen LogP contribution in [-0.2, 0) is 12.8 Å². The summed E-state index contributed by atoms with van der Waals surface area (Å²) in [5, 5.41) is 19.9. The van der Waals surface area contributed by atoms with Crippen molar-refractivity contribution < 1.29 is 5.11 Å². The second-order valence-electron chi connectivity index (χ2n) is 5.46. The van der Waals surface area contributed by atoms with Gasteiger partial charge < -0.3 is 5.11 Å². The average Bonchev–Trinajstić information content (AvgIpc) is 2.82. The van der Waals surface area contributed by atoms with Crippen LogP contribution < -0.4 is 0 Å². The van der Waals surface area contributed by atoms with Gasteiger partial charge in [0.05, 0.1) is 5.56 Å². The lowest BCUT2D eigenvalue weighted by atomic mass is 9.89. The molecule has 0 saturated heterocycles. The zero-order chi connectivity index (χ0) is 14.8. The summed E-state index contributed by atoms with van der Waals surface area (Å²) in [5.74, 6) is 0.882. The van der Waals surface area contributed by atoms with E-state index in [1.54, 1.807) is 35.8 Å². The number of rotatable bonds is 2. The van der Waals surface area contributed by atoms with Crippen LogP contribution >= 0.6 is 11.3 Å². The van der Waals surface area contributed by atoms with Crippen molar-refractivity contribution in [2.24, 2.45) is 10.9 Å². The van der Waals surface area contributed by atoms with E-state index < -0.39 is 0 Å². The summed E-state index contributed by atoms with van der Waals surface area (Å²) in [5.41, 5.74) is 2.57. The fraction of sp³-hybridized carbons (Fsp3) is 0.294. The molecule has 106 valence electrons. The Hall–Kier alpha value is -2.12. The highest BCUT2D eigenvalue weighted by Gasteiger charge is 2.23. The van der Waals surface area contributed by atoms with E-state index in [-0.39, 0.29) is 5.75 Å². The van der Waals surface area contributed by atoms with Gasteiger partial charge in [0.1, 0.15) is 16.8 Å². The molecule has 1 N–H and O–H groups in total. The second-order valence-corrected chi connectivity index (χ2v) is 6.54. The highest BCUT2D eigenvalue weighted by atomic mass is 32.1. The minimum Gasteiger partial charge on any atom is -0.507 e. The molecule has 4 heteroatoms. The van der Waals surface area contributed by atoms with E-state index in [2.05, 4.69) is 18.0 Å². The molecule has 0 aliphatic heterocycles. The second kappa shape index (κ2) is 5.71. The number of hydrogen-bond acceptors (Lipinski definition) is 4. The summed E-state index contributed by atoms with van der Waals surface area (Å²) in [7, 11) is 0. The van der Waals surface area contributed by atoms with Crippen LogP contribution in [0.15, 0.2) is 29.3 Å². The normalized spacial score (nSPS) is 17.6. The number of fused-ring (bicyclic) bond motifs is 1. The van der Waals surface area contributed by atoms with Gasteiger partial charge in [-0.05, 0) is 42.9 Å². The summed E-state index contributed by atoms with van der Waals surface area (Å²) in [4.78, 5) is 5.75. The van der Waals surface area contributed by atoms with Crippen molar-refractivity contribution in [2.75, 3.05) is 0 Å². The predicted octanol–water partition coefficient (Wildman–Crippen LogP) is 4.20. The number of nitriles is 1. The largest absolute Gasteiger partial charge is 0.507 e. The van der Waals surface area contributed by atoms with Gasteiger partial charge in [0.2, 0.25) is 0 Å². The van der Waals surface area contributed by atoms with Gasteiger partial charge >= 0.3 is 0 Å². The van der Waals surface area contributed by atoms with Gasteiger partial charge in [-0.2, -0.15) is 5.26 Å². The molecule has 1 aromatic heterocycles. The first-order valence-corrected chi connectivity index (χ1v) is 7.87. The number of phenols is 1. The quantitative estimate of drug-likeness (QED) is 0.844. The third kappa shape index (κ3) is 2.70. The SMILES string of the molecule is C[C@@H]1CCc2c(sc(N=Cc3ccccc3O)c2C#N)C1. The Bertz CT molecular complexity index is 740. The molecule has 1 heterocycles. The van der Waals surface area contributed by atoms with E-state index in [1.807, 2.05) is 6.07 Å². The third-order valence-corrected chi connectivity index (χ3v) is 5.02. The number of phenolic OH excluding ortho intramolecular Hbond substituents is 1. The highest BCUT2D eigenvalue weighted by Crippen LogP contribution is 2.40. The van der Waals surface area contributed by atoms with Crippen molar-refractivity contribution in [1.82, 2.24) is 0 Å². The Balaban J connectivity index is 1.97. The lowest BCUT2D eigenvalue weighted by Crippen LogP contribution is -2.09. The lowest BCUT2D eigenvalue weighted by Gasteiger charge is -2.17. The maximum absolute atomic E-state index is 9.76. The van der Waals surface area contributed by atoms with Gasteiger partial charge in [0.15, 0.2) is 0 Å². The van der Waals surface area contributed by atoms with E-state index in [4.69, 9.17) is 0 Å². The molecule has 3 nitrogen and oxygen atoms in total. The van der Waals surface area contributed by atoms with Gasteiger partial charge in [-0.3, -0.25) is 0 Å². The van der Waals surface area contributed by atoms with Crippen molar-refractivity contribution in [2.45, 2.75) is 26.2 Å². The van der Waals surface area contributed by atoms with Crippen molar-refractivity contribution in [3.05, 3.63) is 45.8 Å². The van der Waals surface area contributed by atoms with E-state index in [0.29, 0.717) is 17.0 Å². The first-order chi connectivity index (χ1) is 10.2. The molecule has 1 atom stereocenters. The molecule has 0 spiro atoms. The topological polar surface area (TPSA) is 56.4 Å². The van der Waals surface area contributed by atoms with Crippen molar-refractivity contribution in [1.29, 1.82) is 5.26 Å². The fourth-order valence-corrected chi connectivity index (χ4v) is 3.97. The van der Waals surface area contributed by atoms with Gasteiger partial charge in [-0.1, -0.05) is 19.1 Å². The number of hydrogen-bond donors (Lipinski definition) is 1. The predicted molar refractivity (Wildman–Crippen MR) is 85.6 cm³/mol. The Labute approximate surface area is 128 Å². The molecule has 0 amide bonds. The molecular weight excluding hydrogens is 280 g/mol. The van der Waals surface area contributed by atoms with Gasteiger partial charge in [0, 0.05) is 16.7 Å². The van der Waals surface area contributed by atoms with E-state index in [1.165, 1.54) is 10.4 Å². The number of benzene rings is 1. The van der Waals surface area contributed by atoms with Gasteiger partial charge in [0.25, 0.3) is 0 Å². The van der Waals surface area contributed by atoms with E-state index in [0.717, 1.165) is 24.3 Å². The molecule has 2 aromatic rings. The molecule has 1 aliphatic carbocycles. The van der Waals surface area contributed by atoms with Gasteiger partial charge in [-0.25, -0.2) is 4.99 Å². The smallest absolute Gasteiger partial charge is 0.134 e. The number of nitrogens with zero attached hydrogens (tertiary/aromatic N) is 2. The minimum absolute atomic E-state index is 0.203. The number of aliphatic imine (C=N–C) groups is 1. The molecule has 0 fully saturated rings. The molecule has 3 rings (SSSR count). The van der Waals surface area contributed by atoms with Crippen LogP contribution in [0.25, 0.3) is 0 Å². The van der Waals surface area contributed by atoms with E-state index in [9.17, 15) is 10.4 Å². The minimum atomic E-state index is 0.203. The summed E-state index contributed by atoms with van der Waals surface area (Å²) in [6, 6.07) is 9.37. The van der Waals surface area contributed by atoms with Crippen molar-refractivity contribution in [3.63, 3.8) is 0 Å². The monoisotopic (exact) mass is 296 g/mol. The molecule has 21 heavy (non-hydrogen) atoms. The third-order valence-electron chi connectivity index (χ3n) is 3.86. The first-order valence-electron chi connectivity index (χ1n) is 7.05. The number of aromatic hydroxyl groups is 1. The van der Waals surface area contributed by atoms with E-state index >= 15 is 0 Å². The zero-order valence-corrected chi connectivity index (χ0v) is 12.7. The van der Waals surface area contributed by atoms with Crippen molar-refractivity contribution in [3.8, 4) is 11.8 Å². The maximum atomic E-state index is 9.76. The fourth-order valence-electron chi connectivity index (χ4n) is 2.67. The lowest BCUT2D eigenvalue weighted by molar-refractivity contribution is 0.474. The van der Waals surface area contributed by atoms with Crippen LogP contribution in [0.1, 0.15) is 34.9 Å². The van der Waals surface area contributed by atoms with Crippen LogP contribution in [-0.4, -0.2) is 11.3 Å². The van der Waals surface area contributed by atoms with Crippen LogP contribution in [0, 0.1) is 17.2 Å². The summed E-state index contributed by atoms with van der Waals surface area (Å²) >= 11 is 1.61. The molecule has 1 aliphatic rings. The van der Waals surface area contributed by atoms with Gasteiger partial charge in [-0.15, -0.1) is 11.3 Å². The number of thiophene rings is 1. The Morgan fingerprint density at radius 1 is 1.43 bits per heavy atom. The summed E-state index contributed by atoms with van der Waals surface area (Å²) < 4.78 is 0. The van der Waals surface area contributed by atoms with Crippen LogP contribution in [0.3, 0.4) is 0 Å². The number of para-hydroxylation sites is 1. The summed E-state index contributed by atoms with van der Waals surface area (Å²) in [6.07, 6.45) is 4.79. The Morgan fingerprint density at radius 3 is 3.00 bits per heavy atom. The molecule has 0 radical (unpaired) electrons. The van der Waals surface area contributed by atoms with Crippen LogP contribution in [0.2, 0.25) is 0 Å². The average molecular weight is 296 g/mol. The molecule has 0 unspecified atom stereocenters. The highest BCUT2D eigenvalue weighted by molar-refractivity contribution is 7.16. The van der Waals surface area contributed by atoms with Crippen LogP contribution in [0.4, 0.5) is 5.00 Å². The zero-order valence-electron chi connectivity index (χ0n) is 11.8. The molecule has 0 bridgehead atoms. The maximum Gasteiger partial charge on any atom is 0.134 e. The molecule has 0 saturated carbocycles. The molecular formula is C17H16N2OS. The Morgan fingerprint density at radius 2 is 2.24 bits per heavy atom. The van der Waals surface area contributed by atoms with Crippen molar-refractivity contribution >= 4 is 22.6 Å². The van der Waals surface area contributed by atoms with Crippen LogP contribution in [0.5, 0.6) is 5.75 Å².